The average Bonchev–Trinajstić information content (AvgIpc) is 2.35. The van der Waals surface area contributed by atoms with Gasteiger partial charge in [-0.15, -0.1) is 0 Å². The van der Waals surface area contributed by atoms with Gasteiger partial charge in [0.15, 0.2) is 0 Å². The Balaban J connectivity index is 2.25. The number of anilines is 1. The maximum absolute atomic E-state index is 12.1. The molecule has 2 N–H and O–H groups in total. The molecule has 2 aromatic rings. The highest BCUT2D eigenvalue weighted by Gasteiger charge is 2.15. The van der Waals surface area contributed by atoms with E-state index in [4.69, 9.17) is 0 Å². The highest BCUT2D eigenvalue weighted by atomic mass is 32.2. The van der Waals surface area contributed by atoms with Gasteiger partial charge in [0.2, 0.25) is 10.0 Å². The maximum Gasteiger partial charge on any atom is 0.237 e. The van der Waals surface area contributed by atoms with Crippen molar-refractivity contribution in [1.29, 1.82) is 0 Å². The van der Waals surface area contributed by atoms with Crippen LogP contribution in [-0.4, -0.2) is 13.5 Å². The molecule has 0 saturated heterocycles. The summed E-state index contributed by atoms with van der Waals surface area (Å²) in [5, 5.41) is 9.92. The topological polar surface area (TPSA) is 66.4 Å². The van der Waals surface area contributed by atoms with Crippen LogP contribution in [0.1, 0.15) is 16.7 Å². The SMILES string of the molecule is Cc1cc(C)c(O)c(NS(=O)(=O)Cc2ccccc2)c1. The van der Waals surface area contributed by atoms with E-state index in [0.29, 0.717) is 11.1 Å². The molecule has 0 aliphatic heterocycles. The highest BCUT2D eigenvalue weighted by Crippen LogP contribution is 2.29. The van der Waals surface area contributed by atoms with Gasteiger partial charge in [0.05, 0.1) is 11.4 Å². The summed E-state index contributed by atoms with van der Waals surface area (Å²) in [6.45, 7) is 3.58. The summed E-state index contributed by atoms with van der Waals surface area (Å²) in [6, 6.07) is 12.3. The standard InChI is InChI=1S/C15H17NO3S/c1-11-8-12(2)15(17)14(9-11)16-20(18,19)10-13-6-4-3-5-7-13/h3-9,16-17H,10H2,1-2H3. The van der Waals surface area contributed by atoms with Crippen molar-refractivity contribution in [1.82, 2.24) is 0 Å². The molecular formula is C15H17NO3S. The Morgan fingerprint density at radius 3 is 2.40 bits per heavy atom. The summed E-state index contributed by atoms with van der Waals surface area (Å²) >= 11 is 0. The summed E-state index contributed by atoms with van der Waals surface area (Å²) in [7, 11) is -3.55. The van der Waals surface area contributed by atoms with Gasteiger partial charge in [-0.05, 0) is 36.6 Å². The maximum atomic E-state index is 12.1. The number of phenols is 1. The predicted octanol–water partition coefficient (Wildman–Crippen LogP) is 2.95. The fourth-order valence-corrected chi connectivity index (χ4v) is 3.23. The number of phenolic OH excluding ortho intramolecular Hbond substituents is 1. The molecule has 2 rings (SSSR count). The third-order valence-electron chi connectivity index (χ3n) is 2.91. The normalized spacial score (nSPS) is 11.3. The Bertz CT molecular complexity index is 709. The fraction of sp³-hybridized carbons (Fsp3) is 0.200. The van der Waals surface area contributed by atoms with Crippen molar-refractivity contribution < 1.29 is 13.5 Å². The minimum atomic E-state index is -3.55. The van der Waals surface area contributed by atoms with Gasteiger partial charge >= 0.3 is 0 Å². The number of aryl methyl sites for hydroxylation is 2. The zero-order chi connectivity index (χ0) is 14.8. The number of hydrogen-bond acceptors (Lipinski definition) is 3. The molecule has 106 valence electrons. The molecule has 0 aliphatic rings. The third kappa shape index (κ3) is 3.51. The Morgan fingerprint density at radius 2 is 1.75 bits per heavy atom. The van der Waals surface area contributed by atoms with Gasteiger partial charge in [0.1, 0.15) is 5.75 Å². The van der Waals surface area contributed by atoms with Crippen LogP contribution in [0.4, 0.5) is 5.69 Å². The van der Waals surface area contributed by atoms with E-state index in [1.54, 1.807) is 43.3 Å². The molecule has 2 aromatic carbocycles. The van der Waals surface area contributed by atoms with Crippen LogP contribution in [0.25, 0.3) is 0 Å². The predicted molar refractivity (Wildman–Crippen MR) is 80.3 cm³/mol. The van der Waals surface area contributed by atoms with Gasteiger partial charge in [0.25, 0.3) is 0 Å². The molecule has 0 aromatic heterocycles. The first kappa shape index (κ1) is 14.4. The Kier molecular flexibility index (Phi) is 3.99. The molecule has 0 spiro atoms. The average molecular weight is 291 g/mol. The number of nitrogens with one attached hydrogen (secondary N) is 1. The zero-order valence-electron chi connectivity index (χ0n) is 11.4. The van der Waals surface area contributed by atoms with Crippen LogP contribution in [0.2, 0.25) is 0 Å². The summed E-state index contributed by atoms with van der Waals surface area (Å²) in [5.74, 6) is -0.160. The number of hydrogen-bond donors (Lipinski definition) is 2. The molecule has 0 heterocycles. The third-order valence-corrected chi connectivity index (χ3v) is 4.15. The lowest BCUT2D eigenvalue weighted by molar-refractivity contribution is 0.473. The van der Waals surface area contributed by atoms with Crippen LogP contribution >= 0.6 is 0 Å². The molecule has 4 nitrogen and oxygen atoms in total. The lowest BCUT2D eigenvalue weighted by Crippen LogP contribution is -2.15. The molecule has 0 bridgehead atoms. The van der Waals surface area contributed by atoms with E-state index in [-0.39, 0.29) is 17.2 Å². The Labute approximate surface area is 119 Å². The van der Waals surface area contributed by atoms with Crippen LogP contribution in [0.5, 0.6) is 5.75 Å². The summed E-state index contributed by atoms with van der Waals surface area (Å²) in [6.07, 6.45) is 0. The van der Waals surface area contributed by atoms with E-state index in [1.165, 1.54) is 0 Å². The summed E-state index contributed by atoms with van der Waals surface area (Å²) in [5.41, 5.74) is 2.45. The van der Waals surface area contributed by atoms with Gasteiger partial charge in [0, 0.05) is 0 Å². The van der Waals surface area contributed by atoms with Gasteiger partial charge in [-0.25, -0.2) is 8.42 Å². The van der Waals surface area contributed by atoms with E-state index >= 15 is 0 Å². The number of benzene rings is 2. The smallest absolute Gasteiger partial charge is 0.237 e. The van der Waals surface area contributed by atoms with E-state index < -0.39 is 10.0 Å². The van der Waals surface area contributed by atoms with Gasteiger partial charge in [-0.1, -0.05) is 36.4 Å². The first-order chi connectivity index (χ1) is 9.37. The molecule has 0 aliphatic carbocycles. The van der Waals surface area contributed by atoms with Crippen LogP contribution in [0.15, 0.2) is 42.5 Å². The van der Waals surface area contributed by atoms with Crippen LogP contribution in [0, 0.1) is 13.8 Å². The second-order valence-electron chi connectivity index (χ2n) is 4.82. The van der Waals surface area contributed by atoms with E-state index in [1.807, 2.05) is 13.0 Å². The van der Waals surface area contributed by atoms with Crippen molar-refractivity contribution >= 4 is 15.7 Å². The second kappa shape index (κ2) is 5.54. The number of sulfonamides is 1. The zero-order valence-corrected chi connectivity index (χ0v) is 12.2. The minimum absolute atomic E-state index is 0.0350. The Morgan fingerprint density at radius 1 is 1.10 bits per heavy atom. The number of rotatable bonds is 4. The van der Waals surface area contributed by atoms with Gasteiger partial charge in [-0.2, -0.15) is 0 Å². The molecule has 0 atom stereocenters. The summed E-state index contributed by atoms with van der Waals surface area (Å²) < 4.78 is 26.7. The van der Waals surface area contributed by atoms with Gasteiger partial charge < -0.3 is 5.11 Å². The molecule has 0 amide bonds. The van der Waals surface area contributed by atoms with E-state index in [9.17, 15) is 13.5 Å². The molecular weight excluding hydrogens is 274 g/mol. The molecule has 0 radical (unpaired) electrons. The molecule has 5 heteroatoms. The number of aromatic hydroxyl groups is 1. The largest absolute Gasteiger partial charge is 0.505 e. The lowest BCUT2D eigenvalue weighted by atomic mass is 10.1. The van der Waals surface area contributed by atoms with Crippen molar-refractivity contribution in [3.63, 3.8) is 0 Å². The second-order valence-corrected chi connectivity index (χ2v) is 6.55. The molecule has 0 unspecified atom stereocenters. The molecule has 0 fully saturated rings. The molecule has 0 saturated carbocycles. The first-order valence-electron chi connectivity index (χ1n) is 6.22. The van der Waals surface area contributed by atoms with Crippen LogP contribution in [-0.2, 0) is 15.8 Å². The quantitative estimate of drug-likeness (QED) is 0.851. The molecule has 20 heavy (non-hydrogen) atoms. The Hall–Kier alpha value is -2.01. The van der Waals surface area contributed by atoms with Crippen LogP contribution < -0.4 is 4.72 Å². The highest BCUT2D eigenvalue weighted by molar-refractivity contribution is 7.91. The van der Waals surface area contributed by atoms with E-state index in [2.05, 4.69) is 4.72 Å². The lowest BCUT2D eigenvalue weighted by Gasteiger charge is -2.12. The van der Waals surface area contributed by atoms with Crippen molar-refractivity contribution in [3.05, 3.63) is 59.2 Å². The summed E-state index contributed by atoms with van der Waals surface area (Å²) in [4.78, 5) is 0. The minimum Gasteiger partial charge on any atom is -0.505 e. The van der Waals surface area contributed by atoms with Crippen molar-refractivity contribution in [2.24, 2.45) is 0 Å². The monoisotopic (exact) mass is 291 g/mol. The van der Waals surface area contributed by atoms with Crippen molar-refractivity contribution in [3.8, 4) is 5.75 Å². The van der Waals surface area contributed by atoms with Gasteiger partial charge in [-0.3, -0.25) is 4.72 Å². The fourth-order valence-electron chi connectivity index (χ4n) is 2.04. The van der Waals surface area contributed by atoms with Crippen molar-refractivity contribution in [2.75, 3.05) is 4.72 Å². The van der Waals surface area contributed by atoms with Crippen LogP contribution in [0.3, 0.4) is 0 Å². The first-order valence-corrected chi connectivity index (χ1v) is 7.87. The van der Waals surface area contributed by atoms with Crippen molar-refractivity contribution in [2.45, 2.75) is 19.6 Å². The van der Waals surface area contributed by atoms with E-state index in [0.717, 1.165) is 5.56 Å².